The zero-order chi connectivity index (χ0) is 20.8. The molecule has 1 heterocycles. The van der Waals surface area contributed by atoms with Crippen LogP contribution in [-0.2, 0) is 13.1 Å². The fraction of sp³-hybridized carbons (Fsp3) is 0.138. The summed E-state index contributed by atoms with van der Waals surface area (Å²) in [5, 5.41) is 14.7. The van der Waals surface area contributed by atoms with Gasteiger partial charge >= 0.3 is 0 Å². The molecule has 0 aromatic heterocycles. The standard InChI is InChI=1S/C29H22N2/c30-16-22-8-5-9-23(22)17-31-18-24-14-12-20-6-1-3-10-26(20)28(24)29-25(19-31)15-13-21-7-2-4-11-27(21)29/h1-15,22H,17-19H2. The van der Waals surface area contributed by atoms with Gasteiger partial charge in [-0.3, -0.25) is 4.90 Å². The SMILES string of the molecule is N#CC1C=CC=C1CN1Cc2ccc3ccccc3c2-c2c(ccc3ccccc23)C1. The van der Waals surface area contributed by atoms with Crippen LogP contribution < -0.4 is 0 Å². The van der Waals surface area contributed by atoms with E-state index in [2.05, 4.69) is 89.8 Å². The Kier molecular flexibility index (Phi) is 4.23. The molecule has 1 aliphatic carbocycles. The maximum absolute atomic E-state index is 9.51. The van der Waals surface area contributed by atoms with Crippen molar-refractivity contribution < 1.29 is 0 Å². The summed E-state index contributed by atoms with van der Waals surface area (Å²) in [5.41, 5.74) is 6.63. The first-order valence-electron chi connectivity index (χ1n) is 10.8. The van der Waals surface area contributed by atoms with Gasteiger partial charge in [-0.2, -0.15) is 5.26 Å². The lowest BCUT2D eigenvalue weighted by Crippen LogP contribution is -2.25. The van der Waals surface area contributed by atoms with Crippen LogP contribution in [0.3, 0.4) is 0 Å². The normalized spacial score (nSPS) is 17.8. The summed E-state index contributed by atoms with van der Waals surface area (Å²) < 4.78 is 0. The number of nitriles is 1. The second-order valence-electron chi connectivity index (χ2n) is 8.52. The Morgan fingerprint density at radius 3 is 1.94 bits per heavy atom. The second kappa shape index (κ2) is 7.23. The summed E-state index contributed by atoms with van der Waals surface area (Å²) in [6.07, 6.45) is 6.13. The van der Waals surface area contributed by atoms with Crippen molar-refractivity contribution in [2.45, 2.75) is 13.1 Å². The molecule has 0 N–H and O–H groups in total. The first-order chi connectivity index (χ1) is 15.3. The van der Waals surface area contributed by atoms with Crippen molar-refractivity contribution >= 4 is 21.5 Å². The van der Waals surface area contributed by atoms with E-state index in [4.69, 9.17) is 0 Å². The molecule has 0 spiro atoms. The molecule has 148 valence electrons. The molecular formula is C29H22N2. The zero-order valence-corrected chi connectivity index (χ0v) is 17.3. The minimum Gasteiger partial charge on any atom is -0.291 e. The van der Waals surface area contributed by atoms with Crippen LogP contribution in [0.5, 0.6) is 0 Å². The van der Waals surface area contributed by atoms with E-state index in [1.54, 1.807) is 0 Å². The van der Waals surface area contributed by atoms with Crippen molar-refractivity contribution in [1.82, 2.24) is 4.90 Å². The molecule has 4 aromatic carbocycles. The van der Waals surface area contributed by atoms with Crippen molar-refractivity contribution in [3.05, 3.63) is 108 Å². The number of hydrogen-bond acceptors (Lipinski definition) is 2. The monoisotopic (exact) mass is 398 g/mol. The molecule has 1 aliphatic heterocycles. The molecule has 2 aliphatic rings. The number of benzene rings is 4. The number of hydrogen-bond donors (Lipinski definition) is 0. The van der Waals surface area contributed by atoms with Gasteiger partial charge in [0.2, 0.25) is 0 Å². The van der Waals surface area contributed by atoms with Gasteiger partial charge in [-0.15, -0.1) is 0 Å². The molecule has 0 radical (unpaired) electrons. The van der Waals surface area contributed by atoms with Crippen molar-refractivity contribution in [3.8, 4) is 17.2 Å². The fourth-order valence-electron chi connectivity index (χ4n) is 5.19. The topological polar surface area (TPSA) is 27.0 Å². The van der Waals surface area contributed by atoms with Gasteiger partial charge in [0.05, 0.1) is 12.0 Å². The van der Waals surface area contributed by atoms with Crippen LogP contribution in [0.15, 0.2) is 96.6 Å². The molecule has 2 heteroatoms. The molecule has 1 atom stereocenters. The highest BCUT2D eigenvalue weighted by Gasteiger charge is 2.25. The van der Waals surface area contributed by atoms with Crippen LogP contribution in [-0.4, -0.2) is 11.4 Å². The fourth-order valence-corrected chi connectivity index (χ4v) is 5.19. The Morgan fingerprint density at radius 2 is 1.35 bits per heavy atom. The Bertz CT molecular complexity index is 1350. The maximum Gasteiger partial charge on any atom is 0.0872 e. The predicted octanol–water partition coefficient (Wildman–Crippen LogP) is 6.61. The minimum absolute atomic E-state index is 0.101. The van der Waals surface area contributed by atoms with Crippen molar-refractivity contribution in [2.75, 3.05) is 6.54 Å². The van der Waals surface area contributed by atoms with Crippen LogP contribution in [0, 0.1) is 17.2 Å². The molecule has 4 aromatic rings. The quantitative estimate of drug-likeness (QED) is 0.380. The van der Waals surface area contributed by atoms with Crippen molar-refractivity contribution in [2.24, 2.45) is 5.92 Å². The molecule has 0 amide bonds. The van der Waals surface area contributed by atoms with E-state index in [9.17, 15) is 5.26 Å². The third-order valence-electron chi connectivity index (χ3n) is 6.63. The van der Waals surface area contributed by atoms with Gasteiger partial charge in [-0.05, 0) is 49.4 Å². The number of allylic oxidation sites excluding steroid dienone is 3. The van der Waals surface area contributed by atoms with Crippen molar-refractivity contribution in [3.63, 3.8) is 0 Å². The van der Waals surface area contributed by atoms with Crippen molar-refractivity contribution in [1.29, 1.82) is 5.26 Å². The summed E-state index contributed by atoms with van der Waals surface area (Å²) in [4.78, 5) is 2.48. The van der Waals surface area contributed by atoms with Gasteiger partial charge in [0.1, 0.15) is 0 Å². The smallest absolute Gasteiger partial charge is 0.0872 e. The highest BCUT2D eigenvalue weighted by molar-refractivity contribution is 6.08. The molecule has 2 nitrogen and oxygen atoms in total. The van der Waals surface area contributed by atoms with Gasteiger partial charge in [0, 0.05) is 19.6 Å². The molecule has 1 unspecified atom stereocenters. The lowest BCUT2D eigenvalue weighted by Gasteiger charge is -2.23. The van der Waals surface area contributed by atoms with E-state index in [-0.39, 0.29) is 5.92 Å². The average Bonchev–Trinajstić information content (AvgIpc) is 3.18. The lowest BCUT2D eigenvalue weighted by atomic mass is 9.88. The third-order valence-corrected chi connectivity index (χ3v) is 6.63. The average molecular weight is 399 g/mol. The lowest BCUT2D eigenvalue weighted by molar-refractivity contribution is 0.279. The first-order valence-corrected chi connectivity index (χ1v) is 10.8. The highest BCUT2D eigenvalue weighted by Crippen LogP contribution is 2.42. The van der Waals surface area contributed by atoms with E-state index in [1.165, 1.54) is 49.4 Å². The van der Waals surface area contributed by atoms with E-state index < -0.39 is 0 Å². The Hall–Kier alpha value is -3.67. The Balaban J connectivity index is 1.58. The highest BCUT2D eigenvalue weighted by atomic mass is 15.1. The molecule has 31 heavy (non-hydrogen) atoms. The maximum atomic E-state index is 9.51. The van der Waals surface area contributed by atoms with E-state index in [1.807, 2.05) is 12.2 Å². The summed E-state index contributed by atoms with van der Waals surface area (Å²) in [6.45, 7) is 2.56. The molecule has 0 saturated carbocycles. The number of fused-ring (bicyclic) bond motifs is 7. The summed E-state index contributed by atoms with van der Waals surface area (Å²) in [6, 6.07) is 28.9. The van der Waals surface area contributed by atoms with E-state index >= 15 is 0 Å². The second-order valence-corrected chi connectivity index (χ2v) is 8.52. The summed E-state index contributed by atoms with van der Waals surface area (Å²) in [5.74, 6) is -0.101. The summed E-state index contributed by atoms with van der Waals surface area (Å²) >= 11 is 0. The largest absolute Gasteiger partial charge is 0.291 e. The van der Waals surface area contributed by atoms with Crippen LogP contribution in [0.25, 0.3) is 32.7 Å². The van der Waals surface area contributed by atoms with Crippen LogP contribution >= 0.6 is 0 Å². The van der Waals surface area contributed by atoms with E-state index in [0.29, 0.717) is 0 Å². The van der Waals surface area contributed by atoms with Gasteiger partial charge in [-0.25, -0.2) is 0 Å². The first kappa shape index (κ1) is 18.1. The molecule has 0 fully saturated rings. The molecule has 0 bridgehead atoms. The van der Waals surface area contributed by atoms with E-state index in [0.717, 1.165) is 19.6 Å². The van der Waals surface area contributed by atoms with Gasteiger partial charge in [0.15, 0.2) is 0 Å². The Morgan fingerprint density at radius 1 is 0.774 bits per heavy atom. The van der Waals surface area contributed by atoms with Crippen LogP contribution in [0.1, 0.15) is 11.1 Å². The Labute approximate surface area is 182 Å². The molecule has 6 rings (SSSR count). The summed E-state index contributed by atoms with van der Waals surface area (Å²) in [7, 11) is 0. The van der Waals surface area contributed by atoms with Crippen LogP contribution in [0.2, 0.25) is 0 Å². The third kappa shape index (κ3) is 2.98. The van der Waals surface area contributed by atoms with Gasteiger partial charge < -0.3 is 0 Å². The predicted molar refractivity (Wildman–Crippen MR) is 127 cm³/mol. The number of rotatable bonds is 2. The van der Waals surface area contributed by atoms with Gasteiger partial charge in [-0.1, -0.05) is 91.0 Å². The minimum atomic E-state index is -0.101. The van der Waals surface area contributed by atoms with Gasteiger partial charge in [0.25, 0.3) is 0 Å². The van der Waals surface area contributed by atoms with Crippen LogP contribution in [0.4, 0.5) is 0 Å². The number of nitrogens with zero attached hydrogens (tertiary/aromatic N) is 2. The molecule has 0 saturated heterocycles. The zero-order valence-electron chi connectivity index (χ0n) is 17.3. The molecular weight excluding hydrogens is 376 g/mol.